The van der Waals surface area contributed by atoms with Gasteiger partial charge in [0.05, 0.1) is 6.61 Å². The maximum atomic E-state index is 5.50. The second-order valence-corrected chi connectivity index (χ2v) is 5.79. The van der Waals surface area contributed by atoms with Gasteiger partial charge in [-0.15, -0.1) is 0 Å². The van der Waals surface area contributed by atoms with Crippen LogP contribution in [0.5, 0.6) is 5.75 Å². The number of benzene rings is 1. The number of anilines is 1. The van der Waals surface area contributed by atoms with Gasteiger partial charge >= 0.3 is 0 Å². The summed E-state index contributed by atoms with van der Waals surface area (Å²) in [5, 5.41) is 7.50. The third-order valence-corrected chi connectivity index (χ3v) is 4.22. The highest BCUT2D eigenvalue weighted by atomic mass is 32.1. The molecule has 1 aromatic rings. The van der Waals surface area contributed by atoms with Crippen LogP contribution in [0, 0.1) is 0 Å². The van der Waals surface area contributed by atoms with E-state index >= 15 is 0 Å². The minimum absolute atomic E-state index is 0.196. The van der Waals surface area contributed by atoms with E-state index in [1.807, 2.05) is 31.2 Å². The van der Waals surface area contributed by atoms with Gasteiger partial charge in [-0.05, 0) is 50.5 Å². The van der Waals surface area contributed by atoms with Gasteiger partial charge in [-0.1, -0.05) is 25.8 Å². The maximum absolute atomic E-state index is 5.50. The van der Waals surface area contributed by atoms with E-state index in [2.05, 4.69) is 17.6 Å². The highest BCUT2D eigenvalue weighted by Gasteiger charge is 2.32. The summed E-state index contributed by atoms with van der Waals surface area (Å²) in [4.78, 5) is 0. The summed E-state index contributed by atoms with van der Waals surface area (Å²) in [6.07, 6.45) is 6.13. The standard InChI is InChI=1S/C16H24N2OS/c1-3-16(10-5-6-11-16)18-15(20)17-13-8-7-9-14(12-13)19-4-2/h7-9,12H,3-6,10-11H2,1-2H3,(H2,17,18,20). The lowest BCUT2D eigenvalue weighted by Gasteiger charge is -2.30. The van der Waals surface area contributed by atoms with Gasteiger partial charge in [0.25, 0.3) is 0 Å². The topological polar surface area (TPSA) is 33.3 Å². The van der Waals surface area contributed by atoms with Gasteiger partial charge in [-0.3, -0.25) is 0 Å². The Balaban J connectivity index is 1.95. The van der Waals surface area contributed by atoms with Crippen molar-refractivity contribution in [1.29, 1.82) is 0 Å². The first-order valence-corrected chi connectivity index (χ1v) is 7.90. The van der Waals surface area contributed by atoms with E-state index in [4.69, 9.17) is 17.0 Å². The quantitative estimate of drug-likeness (QED) is 0.801. The fraction of sp³-hybridized carbons (Fsp3) is 0.562. The molecule has 1 aliphatic rings. The Bertz CT molecular complexity index is 456. The molecule has 0 saturated heterocycles. The van der Waals surface area contributed by atoms with Crippen LogP contribution in [0.2, 0.25) is 0 Å². The molecule has 0 spiro atoms. The van der Waals surface area contributed by atoms with Crippen LogP contribution in [0.1, 0.15) is 46.0 Å². The van der Waals surface area contributed by atoms with Crippen LogP contribution < -0.4 is 15.4 Å². The van der Waals surface area contributed by atoms with E-state index in [-0.39, 0.29) is 5.54 Å². The van der Waals surface area contributed by atoms with Gasteiger partial charge in [-0.2, -0.15) is 0 Å². The van der Waals surface area contributed by atoms with Crippen LogP contribution in [0.15, 0.2) is 24.3 Å². The zero-order valence-electron chi connectivity index (χ0n) is 12.4. The monoisotopic (exact) mass is 292 g/mol. The molecule has 0 aromatic heterocycles. The summed E-state index contributed by atoms with van der Waals surface area (Å²) < 4.78 is 5.50. The average Bonchev–Trinajstić information content (AvgIpc) is 2.88. The van der Waals surface area contributed by atoms with E-state index < -0.39 is 0 Å². The summed E-state index contributed by atoms with van der Waals surface area (Å²) >= 11 is 5.46. The minimum atomic E-state index is 0.196. The van der Waals surface area contributed by atoms with E-state index in [1.54, 1.807) is 0 Å². The van der Waals surface area contributed by atoms with Crippen LogP contribution in [-0.2, 0) is 0 Å². The summed E-state index contributed by atoms with van der Waals surface area (Å²) in [6, 6.07) is 7.91. The third kappa shape index (κ3) is 3.85. The molecule has 4 heteroatoms. The van der Waals surface area contributed by atoms with Crippen LogP contribution in [0.25, 0.3) is 0 Å². The van der Waals surface area contributed by atoms with Crippen molar-refractivity contribution < 1.29 is 4.74 Å². The number of hydrogen-bond donors (Lipinski definition) is 2. The Morgan fingerprint density at radius 3 is 2.70 bits per heavy atom. The SMILES string of the molecule is CCOc1cccc(NC(=S)NC2(CC)CCCC2)c1. The number of thiocarbonyl (C=S) groups is 1. The molecule has 1 fully saturated rings. The number of ether oxygens (including phenoxy) is 1. The van der Waals surface area contributed by atoms with E-state index in [0.29, 0.717) is 11.7 Å². The molecule has 110 valence electrons. The van der Waals surface area contributed by atoms with Crippen molar-refractivity contribution in [2.75, 3.05) is 11.9 Å². The Morgan fingerprint density at radius 2 is 2.05 bits per heavy atom. The largest absolute Gasteiger partial charge is 0.494 e. The molecule has 0 bridgehead atoms. The Morgan fingerprint density at radius 1 is 1.30 bits per heavy atom. The first-order chi connectivity index (χ1) is 9.67. The molecule has 0 radical (unpaired) electrons. The van der Waals surface area contributed by atoms with Gasteiger partial charge in [0.15, 0.2) is 5.11 Å². The number of rotatable bonds is 5. The molecule has 3 nitrogen and oxygen atoms in total. The van der Waals surface area contributed by atoms with Crippen LogP contribution >= 0.6 is 12.2 Å². The Kier molecular flexibility index (Phi) is 5.24. The highest BCUT2D eigenvalue weighted by Crippen LogP contribution is 2.32. The van der Waals surface area contributed by atoms with Crippen molar-refractivity contribution >= 4 is 23.0 Å². The molecule has 0 heterocycles. The summed E-state index contributed by atoms with van der Waals surface area (Å²) in [7, 11) is 0. The van der Waals surface area contributed by atoms with Gasteiger partial charge in [0.1, 0.15) is 5.75 Å². The molecule has 1 saturated carbocycles. The van der Waals surface area contributed by atoms with Crippen LogP contribution in [0.3, 0.4) is 0 Å². The Labute approximate surface area is 127 Å². The van der Waals surface area contributed by atoms with Crippen LogP contribution in [-0.4, -0.2) is 17.3 Å². The van der Waals surface area contributed by atoms with Crippen molar-refractivity contribution in [3.63, 3.8) is 0 Å². The molecule has 0 atom stereocenters. The lowest BCUT2D eigenvalue weighted by molar-refractivity contribution is 0.340. The van der Waals surface area contributed by atoms with Crippen molar-refractivity contribution in [3.05, 3.63) is 24.3 Å². The lowest BCUT2D eigenvalue weighted by atomic mass is 9.95. The van der Waals surface area contributed by atoms with Crippen molar-refractivity contribution in [1.82, 2.24) is 5.32 Å². The average molecular weight is 292 g/mol. The molecule has 0 amide bonds. The second kappa shape index (κ2) is 6.93. The van der Waals surface area contributed by atoms with E-state index in [1.165, 1.54) is 25.7 Å². The molecule has 2 N–H and O–H groups in total. The summed E-state index contributed by atoms with van der Waals surface area (Å²) in [6.45, 7) is 4.89. The molecule has 2 rings (SSSR count). The zero-order valence-corrected chi connectivity index (χ0v) is 13.2. The first-order valence-electron chi connectivity index (χ1n) is 7.49. The van der Waals surface area contributed by atoms with Crippen molar-refractivity contribution in [2.24, 2.45) is 0 Å². The third-order valence-electron chi connectivity index (χ3n) is 4.02. The maximum Gasteiger partial charge on any atom is 0.171 e. The van der Waals surface area contributed by atoms with E-state index in [0.717, 1.165) is 17.9 Å². The molecule has 1 aromatic carbocycles. The van der Waals surface area contributed by atoms with Gasteiger partial charge in [0.2, 0.25) is 0 Å². The zero-order chi connectivity index (χ0) is 14.4. The van der Waals surface area contributed by atoms with Crippen molar-refractivity contribution in [2.45, 2.75) is 51.5 Å². The van der Waals surface area contributed by atoms with Crippen LogP contribution in [0.4, 0.5) is 5.69 Å². The molecule has 1 aliphatic carbocycles. The molecule has 0 unspecified atom stereocenters. The van der Waals surface area contributed by atoms with Gasteiger partial charge in [0, 0.05) is 17.3 Å². The second-order valence-electron chi connectivity index (χ2n) is 5.38. The van der Waals surface area contributed by atoms with Crippen molar-refractivity contribution in [3.8, 4) is 5.75 Å². The number of nitrogens with one attached hydrogen (secondary N) is 2. The molecular weight excluding hydrogens is 268 g/mol. The lowest BCUT2D eigenvalue weighted by Crippen LogP contribution is -2.47. The fourth-order valence-electron chi connectivity index (χ4n) is 2.85. The predicted octanol–water partition coefficient (Wildman–Crippen LogP) is 4.09. The Hall–Kier alpha value is -1.29. The highest BCUT2D eigenvalue weighted by molar-refractivity contribution is 7.80. The van der Waals surface area contributed by atoms with Gasteiger partial charge < -0.3 is 15.4 Å². The smallest absolute Gasteiger partial charge is 0.171 e. The van der Waals surface area contributed by atoms with Gasteiger partial charge in [-0.25, -0.2) is 0 Å². The fourth-order valence-corrected chi connectivity index (χ4v) is 3.19. The molecule has 0 aliphatic heterocycles. The molecular formula is C16H24N2OS. The van der Waals surface area contributed by atoms with E-state index in [9.17, 15) is 0 Å². The summed E-state index contributed by atoms with van der Waals surface area (Å²) in [5.74, 6) is 0.867. The molecule has 20 heavy (non-hydrogen) atoms. The normalized spacial score (nSPS) is 16.7. The predicted molar refractivity (Wildman–Crippen MR) is 88.5 cm³/mol. The first kappa shape index (κ1) is 15.1. The summed E-state index contributed by atoms with van der Waals surface area (Å²) in [5.41, 5.74) is 1.17. The minimum Gasteiger partial charge on any atom is -0.494 e. The number of hydrogen-bond acceptors (Lipinski definition) is 2.